The van der Waals surface area contributed by atoms with E-state index < -0.39 is 22.2 Å². The summed E-state index contributed by atoms with van der Waals surface area (Å²) >= 11 is 0. The molecule has 0 aromatic heterocycles. The largest absolute Gasteiger partial charge is 0.490 e. The third-order valence-electron chi connectivity index (χ3n) is 8.04. The highest BCUT2D eigenvalue weighted by Crippen LogP contribution is 2.45. The molecule has 0 radical (unpaired) electrons. The van der Waals surface area contributed by atoms with Gasteiger partial charge in [-0.05, 0) is 43.7 Å². The Labute approximate surface area is 208 Å². The summed E-state index contributed by atoms with van der Waals surface area (Å²) in [5, 5.41) is 10.4. The van der Waals surface area contributed by atoms with E-state index in [-0.39, 0.29) is 17.4 Å². The number of piperidine rings is 1. The van der Waals surface area contributed by atoms with Gasteiger partial charge in [0, 0.05) is 44.2 Å². The van der Waals surface area contributed by atoms with E-state index >= 15 is 0 Å². The molecule has 3 aliphatic heterocycles. The van der Waals surface area contributed by atoms with Gasteiger partial charge in [-0.3, -0.25) is 4.79 Å². The Morgan fingerprint density at radius 2 is 1.67 bits per heavy atom. The third-order valence-corrected chi connectivity index (χ3v) is 9.96. The Kier molecular flexibility index (Phi) is 7.68. The van der Waals surface area contributed by atoms with Gasteiger partial charge in [0.2, 0.25) is 15.9 Å². The number of amides is 1. The summed E-state index contributed by atoms with van der Waals surface area (Å²) in [6.45, 7) is 3.93. The van der Waals surface area contributed by atoms with E-state index in [2.05, 4.69) is 10.2 Å². The second-order valence-electron chi connectivity index (χ2n) is 10.2. The molecule has 0 unspecified atom stereocenters. The van der Waals surface area contributed by atoms with Crippen LogP contribution < -0.4 is 5.32 Å². The third kappa shape index (κ3) is 5.55. The minimum Gasteiger partial charge on any atom is -0.475 e. The lowest BCUT2D eigenvalue weighted by Gasteiger charge is -2.42. The van der Waals surface area contributed by atoms with Crippen LogP contribution in [0.5, 0.6) is 0 Å². The van der Waals surface area contributed by atoms with Gasteiger partial charge in [0.05, 0.1) is 10.8 Å². The van der Waals surface area contributed by atoms with E-state index in [1.54, 1.807) is 28.6 Å². The molecule has 12 heteroatoms. The molecule has 200 valence electrons. The summed E-state index contributed by atoms with van der Waals surface area (Å²) in [5.41, 5.74) is -0.227. The molecule has 1 aromatic rings. The van der Waals surface area contributed by atoms with Crippen molar-refractivity contribution in [2.75, 3.05) is 32.7 Å². The van der Waals surface area contributed by atoms with E-state index in [0.717, 1.165) is 25.6 Å². The molecule has 1 aliphatic carbocycles. The van der Waals surface area contributed by atoms with Gasteiger partial charge in [0.1, 0.15) is 0 Å². The van der Waals surface area contributed by atoms with Crippen molar-refractivity contribution in [1.29, 1.82) is 0 Å². The van der Waals surface area contributed by atoms with Crippen molar-refractivity contribution in [3.63, 3.8) is 0 Å². The first-order valence-corrected chi connectivity index (χ1v) is 13.8. The van der Waals surface area contributed by atoms with Crippen LogP contribution >= 0.6 is 0 Å². The molecule has 0 bridgehead atoms. The summed E-state index contributed by atoms with van der Waals surface area (Å²) < 4.78 is 59.2. The maximum atomic E-state index is 13.0. The fraction of sp³-hybridized carbons (Fsp3) is 0.667. The molecule has 3 heterocycles. The quantitative estimate of drug-likeness (QED) is 0.619. The van der Waals surface area contributed by atoms with Crippen LogP contribution in [0.25, 0.3) is 0 Å². The molecule has 36 heavy (non-hydrogen) atoms. The summed E-state index contributed by atoms with van der Waals surface area (Å²) in [6, 6.07) is 8.67. The lowest BCUT2D eigenvalue weighted by atomic mass is 9.76. The normalized spacial score (nSPS) is 26.9. The highest BCUT2D eigenvalue weighted by Gasteiger charge is 2.57. The van der Waals surface area contributed by atoms with Crippen molar-refractivity contribution < 1.29 is 36.3 Å². The number of carbonyl (C=O) groups excluding carboxylic acids is 1. The molecule has 5 rings (SSSR count). The lowest BCUT2D eigenvalue weighted by Crippen LogP contribution is -2.56. The minimum absolute atomic E-state index is 0.0775. The zero-order valence-electron chi connectivity index (χ0n) is 19.9. The summed E-state index contributed by atoms with van der Waals surface area (Å²) in [4.78, 5) is 24.5. The Morgan fingerprint density at radius 3 is 2.22 bits per heavy atom. The Morgan fingerprint density at radius 1 is 1.08 bits per heavy atom. The lowest BCUT2D eigenvalue weighted by molar-refractivity contribution is -0.192. The number of likely N-dealkylation sites (tertiary alicyclic amines) is 1. The Bertz CT molecular complexity index is 1050. The number of nitrogens with zero attached hydrogens (tertiary/aromatic N) is 2. The molecule has 2 N–H and O–H groups in total. The zero-order valence-corrected chi connectivity index (χ0v) is 20.7. The van der Waals surface area contributed by atoms with Crippen molar-refractivity contribution in [1.82, 2.24) is 14.5 Å². The maximum Gasteiger partial charge on any atom is 0.490 e. The second-order valence-corrected chi connectivity index (χ2v) is 12.2. The first-order valence-electron chi connectivity index (χ1n) is 12.3. The van der Waals surface area contributed by atoms with Crippen molar-refractivity contribution >= 4 is 21.9 Å². The van der Waals surface area contributed by atoms with Gasteiger partial charge in [-0.1, -0.05) is 31.0 Å². The number of carboxylic acids is 1. The van der Waals surface area contributed by atoms with E-state index in [0.29, 0.717) is 36.7 Å². The topological polar surface area (TPSA) is 107 Å². The summed E-state index contributed by atoms with van der Waals surface area (Å²) in [6.07, 6.45) is 1.69. The number of carboxylic acid groups (broad SMARTS) is 1. The van der Waals surface area contributed by atoms with Crippen LogP contribution in [0, 0.1) is 17.8 Å². The van der Waals surface area contributed by atoms with Gasteiger partial charge in [0.25, 0.3) is 0 Å². The predicted octanol–water partition coefficient (Wildman–Crippen LogP) is 2.71. The van der Waals surface area contributed by atoms with Gasteiger partial charge >= 0.3 is 12.1 Å². The van der Waals surface area contributed by atoms with E-state index in [1.165, 1.54) is 25.7 Å². The van der Waals surface area contributed by atoms with Gasteiger partial charge in [0.15, 0.2) is 0 Å². The molecular formula is C24H32F3N3O5S. The van der Waals surface area contributed by atoms with Crippen LogP contribution in [-0.4, -0.2) is 79.0 Å². The van der Waals surface area contributed by atoms with Crippen molar-refractivity contribution in [2.45, 2.75) is 55.1 Å². The fourth-order valence-corrected chi connectivity index (χ4v) is 7.67. The number of rotatable bonds is 4. The number of sulfonamides is 1. The summed E-state index contributed by atoms with van der Waals surface area (Å²) in [5.74, 6) is -1.38. The average molecular weight is 532 g/mol. The van der Waals surface area contributed by atoms with Gasteiger partial charge in [-0.2, -0.15) is 17.5 Å². The van der Waals surface area contributed by atoms with Crippen LogP contribution in [0.15, 0.2) is 35.2 Å². The van der Waals surface area contributed by atoms with E-state index in [4.69, 9.17) is 9.90 Å². The molecular weight excluding hydrogens is 499 g/mol. The molecule has 2 atom stereocenters. The fourth-order valence-electron chi connectivity index (χ4n) is 6.21. The molecule has 1 saturated carbocycles. The summed E-state index contributed by atoms with van der Waals surface area (Å²) in [7, 11) is -3.46. The number of halogens is 3. The van der Waals surface area contributed by atoms with Crippen molar-refractivity contribution in [2.24, 2.45) is 17.8 Å². The maximum absolute atomic E-state index is 13.0. The van der Waals surface area contributed by atoms with Gasteiger partial charge in [-0.25, -0.2) is 13.2 Å². The molecule has 1 amide bonds. The monoisotopic (exact) mass is 531 g/mol. The predicted molar refractivity (Wildman–Crippen MR) is 124 cm³/mol. The number of benzene rings is 1. The molecule has 4 fully saturated rings. The van der Waals surface area contributed by atoms with Crippen LogP contribution in [0.3, 0.4) is 0 Å². The highest BCUT2D eigenvalue weighted by atomic mass is 32.2. The zero-order chi connectivity index (χ0) is 26.1. The first kappa shape index (κ1) is 26.9. The SMILES string of the molecule is O=C(O)C(F)(F)F.O=C1NC2(CCN(S(=O)(=O)c3ccccc3)CC2)[C@H]2CN(CC3CCCC3)C[C@@H]12. The van der Waals surface area contributed by atoms with Gasteiger partial charge < -0.3 is 15.3 Å². The van der Waals surface area contributed by atoms with Crippen molar-refractivity contribution in [3.05, 3.63) is 30.3 Å². The van der Waals surface area contributed by atoms with Crippen LogP contribution in [0.2, 0.25) is 0 Å². The van der Waals surface area contributed by atoms with E-state index in [9.17, 15) is 26.4 Å². The standard InChI is InChI=1S/C22H31N3O3S.C2HF3O2/c26-21-19-15-24(14-17-6-4-5-7-17)16-20(19)22(23-21)10-12-25(13-11-22)29(27,28)18-8-2-1-3-9-18;3-2(4,5)1(6)7/h1-3,8-9,17,19-20H,4-7,10-16H2,(H,23,26);(H,6,7)/t19-,20+;/m1./s1. The molecule has 1 spiro atoms. The number of hydrogen-bond acceptors (Lipinski definition) is 5. The number of alkyl halides is 3. The smallest absolute Gasteiger partial charge is 0.475 e. The van der Waals surface area contributed by atoms with Crippen LogP contribution in [-0.2, 0) is 19.6 Å². The number of fused-ring (bicyclic) bond motifs is 2. The first-order chi connectivity index (χ1) is 16.9. The second kappa shape index (κ2) is 10.3. The van der Waals surface area contributed by atoms with Gasteiger partial charge in [-0.15, -0.1) is 0 Å². The molecule has 1 aromatic carbocycles. The number of nitrogens with one attached hydrogen (secondary N) is 1. The Hall–Kier alpha value is -2.18. The molecule has 3 saturated heterocycles. The Balaban J connectivity index is 0.000000384. The van der Waals surface area contributed by atoms with Crippen LogP contribution in [0.1, 0.15) is 38.5 Å². The molecule has 4 aliphatic rings. The number of hydrogen-bond donors (Lipinski definition) is 2. The average Bonchev–Trinajstić information content (AvgIpc) is 3.55. The van der Waals surface area contributed by atoms with E-state index in [1.807, 2.05) is 6.07 Å². The highest BCUT2D eigenvalue weighted by molar-refractivity contribution is 7.89. The van der Waals surface area contributed by atoms with Crippen LogP contribution in [0.4, 0.5) is 13.2 Å². The molecule has 8 nitrogen and oxygen atoms in total. The number of carbonyl (C=O) groups is 2. The van der Waals surface area contributed by atoms with Crippen molar-refractivity contribution in [3.8, 4) is 0 Å². The number of aliphatic carboxylic acids is 1. The minimum atomic E-state index is -5.08.